The molecular weight excluding hydrogens is 454 g/mol. The highest BCUT2D eigenvalue weighted by molar-refractivity contribution is 8.93. The van der Waals surface area contributed by atoms with Crippen LogP contribution in [0.2, 0.25) is 0 Å². The van der Waals surface area contributed by atoms with E-state index in [1.54, 1.807) is 0 Å². The standard InChI is InChI=1S/C26H51NOS.BrH/c1-2-3-4-5-6-7-8-9-10-11-12-13-14-15-16-19-26-28-25(24-29-26)20-23-27-21-17-18-22-27;/h25-26H,2-24H2,1H3;1H. The minimum Gasteiger partial charge on any atom is -0.363 e. The Balaban J connectivity index is 0.00000450. The predicted octanol–water partition coefficient (Wildman–Crippen LogP) is 8.77. The van der Waals surface area contributed by atoms with Crippen LogP contribution in [-0.4, -0.2) is 41.8 Å². The minimum atomic E-state index is 0. The fourth-order valence-corrected chi connectivity index (χ4v) is 6.07. The molecule has 2 saturated heterocycles. The van der Waals surface area contributed by atoms with E-state index in [-0.39, 0.29) is 17.0 Å². The van der Waals surface area contributed by atoms with Crippen molar-refractivity contribution in [3.63, 3.8) is 0 Å². The van der Waals surface area contributed by atoms with Gasteiger partial charge in [0.25, 0.3) is 0 Å². The van der Waals surface area contributed by atoms with Crippen molar-refractivity contribution in [3.05, 3.63) is 0 Å². The van der Waals surface area contributed by atoms with E-state index in [0.717, 1.165) is 0 Å². The van der Waals surface area contributed by atoms with Crippen molar-refractivity contribution in [1.29, 1.82) is 0 Å². The Morgan fingerprint density at radius 2 is 1.20 bits per heavy atom. The van der Waals surface area contributed by atoms with Crippen LogP contribution in [0.4, 0.5) is 0 Å². The van der Waals surface area contributed by atoms with Gasteiger partial charge in [0.15, 0.2) is 0 Å². The van der Waals surface area contributed by atoms with Crippen molar-refractivity contribution in [2.24, 2.45) is 0 Å². The number of hydrogen-bond acceptors (Lipinski definition) is 3. The lowest BCUT2D eigenvalue weighted by Gasteiger charge is -2.17. The molecule has 2 aliphatic heterocycles. The van der Waals surface area contributed by atoms with Crippen LogP contribution < -0.4 is 0 Å². The van der Waals surface area contributed by atoms with Crippen LogP contribution >= 0.6 is 28.7 Å². The number of halogens is 1. The van der Waals surface area contributed by atoms with Crippen LogP contribution in [0.25, 0.3) is 0 Å². The van der Waals surface area contributed by atoms with E-state index in [2.05, 4.69) is 23.6 Å². The minimum absolute atomic E-state index is 0. The topological polar surface area (TPSA) is 12.5 Å². The van der Waals surface area contributed by atoms with E-state index in [1.165, 1.54) is 147 Å². The zero-order chi connectivity index (χ0) is 20.4. The fourth-order valence-electron chi connectivity index (χ4n) is 4.83. The van der Waals surface area contributed by atoms with Crippen LogP contribution in [0.3, 0.4) is 0 Å². The van der Waals surface area contributed by atoms with Crippen molar-refractivity contribution >= 4 is 28.7 Å². The molecule has 0 N–H and O–H groups in total. The van der Waals surface area contributed by atoms with Gasteiger partial charge in [-0.1, -0.05) is 96.8 Å². The average molecular weight is 507 g/mol. The van der Waals surface area contributed by atoms with E-state index >= 15 is 0 Å². The number of hydrogen-bond donors (Lipinski definition) is 0. The highest BCUT2D eigenvalue weighted by Crippen LogP contribution is 2.31. The Morgan fingerprint density at radius 3 is 1.73 bits per heavy atom. The first-order chi connectivity index (χ1) is 14.4. The summed E-state index contributed by atoms with van der Waals surface area (Å²) >= 11 is 2.08. The monoisotopic (exact) mass is 505 g/mol. The Morgan fingerprint density at radius 1 is 0.700 bits per heavy atom. The molecule has 2 aliphatic rings. The van der Waals surface area contributed by atoms with E-state index in [4.69, 9.17) is 4.74 Å². The van der Waals surface area contributed by atoms with Gasteiger partial charge >= 0.3 is 0 Å². The summed E-state index contributed by atoms with van der Waals surface area (Å²) in [5, 5.41) is 0. The maximum absolute atomic E-state index is 6.28. The molecule has 0 spiro atoms. The zero-order valence-electron chi connectivity index (χ0n) is 20.1. The SMILES string of the molecule is Br.CCCCCCCCCCCCCCCCCC1OC(CCN2CCCC2)CS1. The third kappa shape index (κ3) is 14.7. The Labute approximate surface area is 203 Å². The highest BCUT2D eigenvalue weighted by Gasteiger charge is 2.26. The number of nitrogens with zero attached hydrogens (tertiary/aromatic N) is 1. The van der Waals surface area contributed by atoms with Gasteiger partial charge in [-0.2, -0.15) is 0 Å². The maximum Gasteiger partial charge on any atom is 0.103 e. The van der Waals surface area contributed by atoms with Gasteiger partial charge in [-0.25, -0.2) is 0 Å². The first-order valence-electron chi connectivity index (χ1n) is 13.4. The molecule has 0 aliphatic carbocycles. The molecule has 0 saturated carbocycles. The van der Waals surface area contributed by atoms with E-state index in [1.807, 2.05) is 0 Å². The molecule has 0 amide bonds. The van der Waals surface area contributed by atoms with Crippen molar-refractivity contribution in [1.82, 2.24) is 4.90 Å². The summed E-state index contributed by atoms with van der Waals surface area (Å²) in [6.07, 6.45) is 27.6. The van der Waals surface area contributed by atoms with E-state index in [0.29, 0.717) is 11.5 Å². The molecular formula is C26H52BrNOS. The molecule has 0 bridgehead atoms. The molecule has 2 atom stereocenters. The molecule has 4 heteroatoms. The van der Waals surface area contributed by atoms with Crippen LogP contribution in [0, 0.1) is 0 Å². The van der Waals surface area contributed by atoms with Gasteiger partial charge < -0.3 is 9.64 Å². The van der Waals surface area contributed by atoms with Gasteiger partial charge in [0, 0.05) is 12.3 Å². The lowest BCUT2D eigenvalue weighted by atomic mass is 10.0. The second-order valence-corrected chi connectivity index (χ2v) is 10.8. The highest BCUT2D eigenvalue weighted by atomic mass is 79.9. The van der Waals surface area contributed by atoms with E-state index in [9.17, 15) is 0 Å². The largest absolute Gasteiger partial charge is 0.363 e. The zero-order valence-corrected chi connectivity index (χ0v) is 22.6. The van der Waals surface area contributed by atoms with Crippen LogP contribution in [-0.2, 0) is 4.74 Å². The average Bonchev–Trinajstić information content (AvgIpc) is 3.41. The molecule has 2 heterocycles. The molecule has 0 radical (unpaired) electrons. The van der Waals surface area contributed by atoms with Gasteiger partial charge in [-0.05, 0) is 45.2 Å². The lowest BCUT2D eigenvalue weighted by Crippen LogP contribution is -2.25. The lowest BCUT2D eigenvalue weighted by molar-refractivity contribution is 0.0502. The van der Waals surface area contributed by atoms with E-state index < -0.39 is 0 Å². The van der Waals surface area contributed by atoms with Crippen LogP contribution in [0.15, 0.2) is 0 Å². The second kappa shape index (κ2) is 20.4. The molecule has 0 aromatic heterocycles. The van der Waals surface area contributed by atoms with Crippen molar-refractivity contribution < 1.29 is 4.74 Å². The Bertz CT molecular complexity index is 365. The van der Waals surface area contributed by atoms with Crippen LogP contribution in [0.5, 0.6) is 0 Å². The molecule has 2 unspecified atom stereocenters. The Hall–Kier alpha value is 0.750. The third-order valence-electron chi connectivity index (χ3n) is 6.82. The molecule has 2 fully saturated rings. The maximum atomic E-state index is 6.28. The van der Waals surface area contributed by atoms with Crippen molar-refractivity contribution in [2.45, 2.75) is 140 Å². The third-order valence-corrected chi connectivity index (χ3v) is 8.10. The van der Waals surface area contributed by atoms with Crippen molar-refractivity contribution in [2.75, 3.05) is 25.4 Å². The van der Waals surface area contributed by atoms with Gasteiger partial charge in [0.2, 0.25) is 0 Å². The molecule has 2 nitrogen and oxygen atoms in total. The summed E-state index contributed by atoms with van der Waals surface area (Å²) in [5.74, 6) is 1.23. The van der Waals surface area contributed by atoms with Gasteiger partial charge in [0.1, 0.15) is 5.44 Å². The number of unbranched alkanes of at least 4 members (excludes halogenated alkanes) is 14. The summed E-state index contributed by atoms with van der Waals surface area (Å²) < 4.78 is 6.28. The molecule has 30 heavy (non-hydrogen) atoms. The smallest absolute Gasteiger partial charge is 0.103 e. The summed E-state index contributed by atoms with van der Waals surface area (Å²) in [6.45, 7) is 6.21. The van der Waals surface area contributed by atoms with Gasteiger partial charge in [-0.15, -0.1) is 28.7 Å². The molecule has 180 valence electrons. The van der Waals surface area contributed by atoms with Gasteiger partial charge in [0.05, 0.1) is 6.10 Å². The Kier molecular flexibility index (Phi) is 19.5. The second-order valence-electron chi connectivity index (χ2n) is 9.60. The fraction of sp³-hybridized carbons (Fsp3) is 1.00. The number of ether oxygens (including phenoxy) is 1. The summed E-state index contributed by atoms with van der Waals surface area (Å²) in [4.78, 5) is 2.62. The first kappa shape index (κ1) is 28.8. The molecule has 0 aromatic carbocycles. The number of likely N-dealkylation sites (tertiary alicyclic amines) is 1. The predicted molar refractivity (Wildman–Crippen MR) is 141 cm³/mol. The van der Waals surface area contributed by atoms with Crippen LogP contribution in [0.1, 0.15) is 129 Å². The quantitative estimate of drug-likeness (QED) is 0.162. The number of thioether (sulfide) groups is 1. The molecule has 0 aromatic rings. The molecule has 2 rings (SSSR count). The van der Waals surface area contributed by atoms with Crippen molar-refractivity contribution in [3.8, 4) is 0 Å². The number of rotatable bonds is 19. The summed E-state index contributed by atoms with van der Waals surface area (Å²) in [5.41, 5.74) is 0.501. The summed E-state index contributed by atoms with van der Waals surface area (Å²) in [6, 6.07) is 0. The summed E-state index contributed by atoms with van der Waals surface area (Å²) in [7, 11) is 0. The normalized spacial score (nSPS) is 21.9. The van der Waals surface area contributed by atoms with Gasteiger partial charge in [-0.3, -0.25) is 0 Å². The first-order valence-corrected chi connectivity index (χ1v) is 14.4.